The molecule has 46 heavy (non-hydrogen) atoms. The van der Waals surface area contributed by atoms with E-state index in [0.717, 1.165) is 45.7 Å². The Morgan fingerprint density at radius 3 is 2.00 bits per heavy atom. The number of halogens is 3. The van der Waals surface area contributed by atoms with Gasteiger partial charge in [0.2, 0.25) is 0 Å². The molecule has 6 nitrogen and oxygen atoms in total. The topological polar surface area (TPSA) is 59.1 Å². The number of aryl methyl sites for hydroxylation is 3. The van der Waals surface area contributed by atoms with Gasteiger partial charge in [-0.1, -0.05) is 72.3 Å². The van der Waals surface area contributed by atoms with Crippen LogP contribution in [0.4, 0.5) is 13.2 Å². The zero-order chi connectivity index (χ0) is 33.4. The zero-order valence-corrected chi connectivity index (χ0v) is 26.7. The van der Waals surface area contributed by atoms with Gasteiger partial charge in [0.1, 0.15) is 24.2 Å². The minimum atomic E-state index is -4.45. The third-order valence-corrected chi connectivity index (χ3v) is 7.64. The van der Waals surface area contributed by atoms with E-state index in [9.17, 15) is 22.8 Å². The lowest BCUT2D eigenvalue weighted by Crippen LogP contribution is -2.42. The van der Waals surface area contributed by atoms with Gasteiger partial charge < -0.3 is 19.3 Å². The summed E-state index contributed by atoms with van der Waals surface area (Å²) in [6, 6.07) is 25.8. The van der Waals surface area contributed by atoms with Crippen LogP contribution >= 0.6 is 0 Å². The minimum Gasteiger partial charge on any atom is -0.488 e. The second-order valence-electron chi connectivity index (χ2n) is 11.6. The molecule has 0 bridgehead atoms. The summed E-state index contributed by atoms with van der Waals surface area (Å²) in [6.07, 6.45) is -4.69. The number of alkyl halides is 3. The fourth-order valence-corrected chi connectivity index (χ4v) is 5.25. The van der Waals surface area contributed by atoms with E-state index in [1.54, 1.807) is 14.1 Å². The molecule has 0 saturated carbocycles. The van der Waals surface area contributed by atoms with E-state index in [4.69, 9.17) is 9.47 Å². The maximum Gasteiger partial charge on any atom is 0.416 e. The molecule has 242 valence electrons. The fraction of sp³-hybridized carbons (Fsp3) is 0.297. The van der Waals surface area contributed by atoms with Crippen LogP contribution in [0.3, 0.4) is 0 Å². The quantitative estimate of drug-likeness (QED) is 0.158. The van der Waals surface area contributed by atoms with Crippen LogP contribution in [0.5, 0.6) is 11.5 Å². The summed E-state index contributed by atoms with van der Waals surface area (Å²) in [5.41, 5.74) is 5.02. The van der Waals surface area contributed by atoms with Crippen LogP contribution in [-0.4, -0.2) is 42.3 Å². The molecule has 0 aromatic heterocycles. The molecule has 0 saturated heterocycles. The molecule has 0 N–H and O–H groups in total. The summed E-state index contributed by atoms with van der Waals surface area (Å²) in [4.78, 5) is 29.0. The van der Waals surface area contributed by atoms with Gasteiger partial charge in [-0.2, -0.15) is 13.2 Å². The first-order valence-electron chi connectivity index (χ1n) is 15.0. The van der Waals surface area contributed by atoms with E-state index in [1.807, 2.05) is 81.4 Å². The van der Waals surface area contributed by atoms with Crippen LogP contribution in [0.25, 0.3) is 0 Å². The molecule has 9 heteroatoms. The highest BCUT2D eigenvalue weighted by molar-refractivity contribution is 6.34. The predicted molar refractivity (Wildman–Crippen MR) is 171 cm³/mol. The first-order valence-corrected chi connectivity index (χ1v) is 15.0. The highest BCUT2D eigenvalue weighted by Crippen LogP contribution is 2.32. The number of hydrogen-bond donors (Lipinski definition) is 0. The minimum absolute atomic E-state index is 0.184. The van der Waals surface area contributed by atoms with Gasteiger partial charge in [0.25, 0.3) is 0 Å². The number of carbonyl (C=O) groups is 2. The van der Waals surface area contributed by atoms with E-state index in [-0.39, 0.29) is 18.8 Å². The average Bonchev–Trinajstić information content (AvgIpc) is 3.02. The highest BCUT2D eigenvalue weighted by Gasteiger charge is 2.30. The van der Waals surface area contributed by atoms with Crippen molar-refractivity contribution in [3.8, 4) is 11.5 Å². The van der Waals surface area contributed by atoms with E-state index in [0.29, 0.717) is 13.0 Å². The van der Waals surface area contributed by atoms with Crippen molar-refractivity contribution in [3.05, 3.63) is 130 Å². The summed E-state index contributed by atoms with van der Waals surface area (Å²) in [5.74, 6) is -0.266. The molecular weight excluding hydrogens is 593 g/mol. The SMILES string of the molecule is Cc1cccc(COc2c(C)cc(CN(C)C(=O)C(=O)N(C)CCC(Oc3ccc(C(F)(F)F)cc3)c3ccccc3)cc2C)c1. The first-order chi connectivity index (χ1) is 21.8. The number of benzene rings is 4. The number of carbonyl (C=O) groups excluding carboxylic acids is 2. The van der Waals surface area contributed by atoms with Gasteiger partial charge >= 0.3 is 18.0 Å². The van der Waals surface area contributed by atoms with E-state index in [1.165, 1.54) is 27.5 Å². The van der Waals surface area contributed by atoms with Crippen LogP contribution < -0.4 is 9.47 Å². The van der Waals surface area contributed by atoms with Crippen LogP contribution in [0.15, 0.2) is 91.0 Å². The van der Waals surface area contributed by atoms with E-state index >= 15 is 0 Å². The Balaban J connectivity index is 1.36. The van der Waals surface area contributed by atoms with Gasteiger partial charge in [-0.25, -0.2) is 0 Å². The molecule has 4 aromatic rings. The highest BCUT2D eigenvalue weighted by atomic mass is 19.4. The van der Waals surface area contributed by atoms with Gasteiger partial charge in [-0.15, -0.1) is 0 Å². The Hall–Kier alpha value is -4.79. The third kappa shape index (κ3) is 9.12. The summed E-state index contributed by atoms with van der Waals surface area (Å²) in [7, 11) is 3.13. The second kappa shape index (κ2) is 15.0. The standard InChI is InChI=1S/C37H39F3N2O4/c1-25-10-9-11-28(20-25)24-45-34-26(2)21-29(22-27(34)3)23-42(5)36(44)35(43)41(4)19-18-33(30-12-7-6-8-13-30)46-32-16-14-31(15-17-32)37(38,39)40/h6-17,20-22,33H,18-19,23-24H2,1-5H3. The molecule has 0 heterocycles. The van der Waals surface area contributed by atoms with Crippen molar-refractivity contribution >= 4 is 11.8 Å². The van der Waals surface area contributed by atoms with Crippen molar-refractivity contribution < 1.29 is 32.2 Å². The normalized spacial score (nSPS) is 11.9. The van der Waals surface area contributed by atoms with Crippen molar-refractivity contribution in [2.75, 3.05) is 20.6 Å². The molecule has 1 atom stereocenters. The lowest BCUT2D eigenvalue weighted by molar-refractivity contribution is -0.150. The van der Waals surface area contributed by atoms with Gasteiger partial charge in [0.15, 0.2) is 0 Å². The van der Waals surface area contributed by atoms with Crippen molar-refractivity contribution in [2.24, 2.45) is 0 Å². The monoisotopic (exact) mass is 632 g/mol. The number of likely N-dealkylation sites (N-methyl/N-ethyl adjacent to an activating group) is 2. The smallest absolute Gasteiger partial charge is 0.416 e. The largest absolute Gasteiger partial charge is 0.488 e. The molecule has 0 spiro atoms. The number of ether oxygens (including phenoxy) is 2. The summed E-state index contributed by atoms with van der Waals surface area (Å²) in [6.45, 7) is 6.82. The molecule has 4 aromatic carbocycles. The third-order valence-electron chi connectivity index (χ3n) is 7.64. The van der Waals surface area contributed by atoms with Crippen molar-refractivity contribution in [1.29, 1.82) is 0 Å². The maximum absolute atomic E-state index is 13.1. The van der Waals surface area contributed by atoms with Gasteiger partial charge in [-0.3, -0.25) is 9.59 Å². The van der Waals surface area contributed by atoms with Crippen LogP contribution in [0.1, 0.15) is 51.5 Å². The van der Waals surface area contributed by atoms with Crippen LogP contribution in [-0.2, 0) is 28.9 Å². The molecule has 0 aliphatic heterocycles. The average molecular weight is 633 g/mol. The van der Waals surface area contributed by atoms with Gasteiger partial charge in [-0.05, 0) is 72.9 Å². The molecule has 0 aliphatic carbocycles. The molecule has 0 aliphatic rings. The van der Waals surface area contributed by atoms with Crippen LogP contribution in [0, 0.1) is 20.8 Å². The Bertz CT molecular complexity index is 1620. The second-order valence-corrected chi connectivity index (χ2v) is 11.6. The fourth-order valence-electron chi connectivity index (χ4n) is 5.25. The molecule has 1 unspecified atom stereocenters. The van der Waals surface area contributed by atoms with Gasteiger partial charge in [0.05, 0.1) is 5.56 Å². The van der Waals surface area contributed by atoms with E-state index < -0.39 is 29.7 Å². The molecular formula is C37H39F3N2O4. The van der Waals surface area contributed by atoms with Crippen molar-refractivity contribution in [2.45, 2.75) is 52.6 Å². The van der Waals surface area contributed by atoms with E-state index in [2.05, 4.69) is 6.07 Å². The first kappa shape index (κ1) is 34.1. The number of hydrogen-bond acceptors (Lipinski definition) is 4. The van der Waals surface area contributed by atoms with Crippen molar-refractivity contribution in [1.82, 2.24) is 9.80 Å². The summed E-state index contributed by atoms with van der Waals surface area (Å²) < 4.78 is 51.2. The Labute approximate surface area is 268 Å². The molecule has 0 fully saturated rings. The summed E-state index contributed by atoms with van der Waals surface area (Å²) >= 11 is 0. The van der Waals surface area contributed by atoms with Crippen LogP contribution in [0.2, 0.25) is 0 Å². The lowest BCUT2D eigenvalue weighted by atomic mass is 10.0. The lowest BCUT2D eigenvalue weighted by Gasteiger charge is -2.25. The predicted octanol–water partition coefficient (Wildman–Crippen LogP) is 7.84. The molecule has 2 amide bonds. The zero-order valence-electron chi connectivity index (χ0n) is 26.7. The number of amides is 2. The summed E-state index contributed by atoms with van der Waals surface area (Å²) in [5, 5.41) is 0. The molecule has 4 rings (SSSR count). The number of nitrogens with zero attached hydrogens (tertiary/aromatic N) is 2. The van der Waals surface area contributed by atoms with Gasteiger partial charge in [0, 0.05) is 33.6 Å². The Morgan fingerprint density at radius 1 is 0.761 bits per heavy atom. The Morgan fingerprint density at radius 2 is 1.39 bits per heavy atom. The Kier molecular flexibility index (Phi) is 11.1. The maximum atomic E-state index is 13.1. The van der Waals surface area contributed by atoms with Crippen molar-refractivity contribution in [3.63, 3.8) is 0 Å². The molecule has 0 radical (unpaired) electrons. The number of rotatable bonds is 11.